The highest BCUT2D eigenvalue weighted by molar-refractivity contribution is 9.11. The summed E-state index contributed by atoms with van der Waals surface area (Å²) in [5.41, 5.74) is 1.28. The van der Waals surface area contributed by atoms with E-state index in [0.29, 0.717) is 0 Å². The van der Waals surface area contributed by atoms with E-state index in [1.165, 1.54) is 21.2 Å². The Morgan fingerprint density at radius 1 is 0.895 bits per heavy atom. The quantitative estimate of drug-likeness (QED) is 0.364. The lowest BCUT2D eigenvalue weighted by Gasteiger charge is -2.10. The van der Waals surface area contributed by atoms with Gasteiger partial charge in [-0.05, 0) is 61.9 Å². The van der Waals surface area contributed by atoms with Gasteiger partial charge in [-0.2, -0.15) is 0 Å². The maximum Gasteiger partial charge on any atom is 0.0749 e. The van der Waals surface area contributed by atoms with Gasteiger partial charge in [0.05, 0.1) is 4.83 Å². The van der Waals surface area contributed by atoms with Gasteiger partial charge in [-0.25, -0.2) is 0 Å². The molecule has 3 rings (SSSR count). The third kappa shape index (κ3) is 2.82. The number of thiophene rings is 1. The molecule has 0 radical (unpaired) electrons. The second-order valence-corrected chi connectivity index (χ2v) is 7.88. The van der Waals surface area contributed by atoms with Crippen LogP contribution in [0.2, 0.25) is 0 Å². The fraction of sp³-hybridized carbons (Fsp3) is 0.0667. The molecular formula is C15H9Br3S. The summed E-state index contributed by atoms with van der Waals surface area (Å²) in [7, 11) is 0. The lowest BCUT2D eigenvalue weighted by atomic mass is 10.0. The smallest absolute Gasteiger partial charge is 0.0749 e. The minimum Gasteiger partial charge on any atom is -0.146 e. The summed E-state index contributed by atoms with van der Waals surface area (Å²) in [5.74, 6) is 0. The van der Waals surface area contributed by atoms with Crippen molar-refractivity contribution >= 4 is 69.9 Å². The molecule has 1 atom stereocenters. The van der Waals surface area contributed by atoms with Crippen LogP contribution in [0.3, 0.4) is 0 Å². The molecule has 1 heterocycles. The molecule has 1 aromatic heterocycles. The van der Waals surface area contributed by atoms with Gasteiger partial charge in [-0.15, -0.1) is 11.3 Å². The van der Waals surface area contributed by atoms with Crippen molar-refractivity contribution in [3.05, 3.63) is 67.2 Å². The molecule has 0 saturated heterocycles. The van der Waals surface area contributed by atoms with Crippen LogP contribution in [0.1, 0.15) is 15.3 Å². The van der Waals surface area contributed by atoms with Crippen molar-refractivity contribution < 1.29 is 0 Å². The number of benzene rings is 2. The molecule has 0 N–H and O–H groups in total. The van der Waals surface area contributed by atoms with E-state index in [0.717, 1.165) is 8.95 Å². The van der Waals surface area contributed by atoms with Gasteiger partial charge in [0.1, 0.15) is 0 Å². The number of alkyl halides is 1. The maximum absolute atomic E-state index is 3.80. The SMILES string of the molecule is Brc1ccc2cc(C(Br)c3sccc3Br)ccc2c1. The minimum absolute atomic E-state index is 0.231. The Hall–Kier alpha value is -0.160. The summed E-state index contributed by atoms with van der Waals surface area (Å²) >= 11 is 12.7. The Bertz CT molecular complexity index is 733. The van der Waals surface area contributed by atoms with Crippen LogP contribution in [0.15, 0.2) is 56.8 Å². The summed E-state index contributed by atoms with van der Waals surface area (Å²) in [6.07, 6.45) is 0. The first-order valence-electron chi connectivity index (χ1n) is 5.71. The minimum atomic E-state index is 0.231. The normalized spacial score (nSPS) is 12.8. The average Bonchev–Trinajstić information content (AvgIpc) is 2.83. The molecule has 96 valence electrons. The molecule has 0 spiro atoms. The molecule has 19 heavy (non-hydrogen) atoms. The highest BCUT2D eigenvalue weighted by Gasteiger charge is 2.15. The molecule has 3 aromatic rings. The van der Waals surface area contributed by atoms with Crippen LogP contribution in [0.5, 0.6) is 0 Å². The van der Waals surface area contributed by atoms with Gasteiger partial charge in [-0.3, -0.25) is 0 Å². The third-order valence-electron chi connectivity index (χ3n) is 2.99. The first-order chi connectivity index (χ1) is 9.15. The van der Waals surface area contributed by atoms with E-state index in [-0.39, 0.29) is 4.83 Å². The van der Waals surface area contributed by atoms with Crippen LogP contribution in [0, 0.1) is 0 Å². The number of fused-ring (bicyclic) bond motifs is 1. The van der Waals surface area contributed by atoms with E-state index in [9.17, 15) is 0 Å². The summed E-state index contributed by atoms with van der Waals surface area (Å²) in [6.45, 7) is 0. The van der Waals surface area contributed by atoms with E-state index in [4.69, 9.17) is 0 Å². The predicted octanol–water partition coefficient (Wildman–Crippen LogP) is 6.91. The molecule has 2 aromatic carbocycles. The fourth-order valence-corrected chi connectivity index (χ4v) is 5.17. The van der Waals surface area contributed by atoms with Crippen LogP contribution in [-0.2, 0) is 0 Å². The van der Waals surface area contributed by atoms with Crippen molar-refractivity contribution in [2.24, 2.45) is 0 Å². The van der Waals surface area contributed by atoms with Gasteiger partial charge in [0.2, 0.25) is 0 Å². The highest BCUT2D eigenvalue weighted by atomic mass is 79.9. The molecule has 0 bridgehead atoms. The lowest BCUT2D eigenvalue weighted by molar-refractivity contribution is 1.22. The molecule has 0 saturated carbocycles. The Kier molecular flexibility index (Phi) is 4.13. The Labute approximate surface area is 141 Å². The molecule has 4 heteroatoms. The highest BCUT2D eigenvalue weighted by Crippen LogP contribution is 2.39. The number of rotatable bonds is 2. The van der Waals surface area contributed by atoms with Gasteiger partial charge in [0, 0.05) is 13.8 Å². The molecule has 0 aliphatic carbocycles. The summed E-state index contributed by atoms with van der Waals surface area (Å²) < 4.78 is 2.28. The van der Waals surface area contributed by atoms with Crippen LogP contribution < -0.4 is 0 Å². The number of halogens is 3. The molecule has 0 aliphatic rings. The lowest BCUT2D eigenvalue weighted by Crippen LogP contribution is -1.90. The van der Waals surface area contributed by atoms with E-state index < -0.39 is 0 Å². The number of hydrogen-bond acceptors (Lipinski definition) is 1. The van der Waals surface area contributed by atoms with Crippen molar-refractivity contribution in [1.29, 1.82) is 0 Å². The van der Waals surface area contributed by atoms with Crippen LogP contribution in [0.4, 0.5) is 0 Å². The van der Waals surface area contributed by atoms with Gasteiger partial charge >= 0.3 is 0 Å². The monoisotopic (exact) mass is 458 g/mol. The largest absolute Gasteiger partial charge is 0.146 e. The second-order valence-electron chi connectivity index (χ2n) is 4.25. The molecule has 1 unspecified atom stereocenters. The van der Waals surface area contributed by atoms with E-state index in [1.807, 2.05) is 0 Å². The van der Waals surface area contributed by atoms with Gasteiger partial charge < -0.3 is 0 Å². The Morgan fingerprint density at radius 2 is 1.63 bits per heavy atom. The zero-order valence-corrected chi connectivity index (χ0v) is 15.3. The topological polar surface area (TPSA) is 0 Å². The summed E-state index contributed by atoms with van der Waals surface area (Å²) in [6, 6.07) is 15.1. The second kappa shape index (κ2) is 5.68. The molecule has 0 nitrogen and oxygen atoms in total. The zero-order chi connectivity index (χ0) is 13.4. The molecule has 0 fully saturated rings. The van der Waals surface area contributed by atoms with Crippen LogP contribution >= 0.6 is 59.1 Å². The predicted molar refractivity (Wildman–Crippen MR) is 94.4 cm³/mol. The fourth-order valence-electron chi connectivity index (χ4n) is 2.03. The molecule has 0 amide bonds. The van der Waals surface area contributed by atoms with Crippen molar-refractivity contribution in [3.8, 4) is 0 Å². The van der Waals surface area contributed by atoms with Gasteiger partial charge in [-0.1, -0.05) is 50.1 Å². The van der Waals surface area contributed by atoms with Gasteiger partial charge in [0.15, 0.2) is 0 Å². The van der Waals surface area contributed by atoms with Crippen molar-refractivity contribution in [2.45, 2.75) is 4.83 Å². The summed E-state index contributed by atoms with van der Waals surface area (Å²) in [4.78, 5) is 1.53. The Morgan fingerprint density at radius 3 is 2.37 bits per heavy atom. The first-order valence-corrected chi connectivity index (χ1v) is 9.09. The van der Waals surface area contributed by atoms with Crippen molar-refractivity contribution in [2.75, 3.05) is 0 Å². The van der Waals surface area contributed by atoms with Gasteiger partial charge in [0.25, 0.3) is 0 Å². The van der Waals surface area contributed by atoms with Crippen molar-refractivity contribution in [1.82, 2.24) is 0 Å². The van der Waals surface area contributed by atoms with Crippen LogP contribution in [0.25, 0.3) is 10.8 Å². The number of hydrogen-bond donors (Lipinski definition) is 0. The van der Waals surface area contributed by atoms with Crippen LogP contribution in [-0.4, -0.2) is 0 Å². The summed E-state index contributed by atoms with van der Waals surface area (Å²) in [5, 5.41) is 4.62. The van der Waals surface area contributed by atoms with Crippen molar-refractivity contribution in [3.63, 3.8) is 0 Å². The zero-order valence-electron chi connectivity index (χ0n) is 9.74. The maximum atomic E-state index is 3.80. The van der Waals surface area contributed by atoms with E-state index >= 15 is 0 Å². The van der Waals surface area contributed by atoms with E-state index in [1.54, 1.807) is 11.3 Å². The first kappa shape index (κ1) is 13.8. The van der Waals surface area contributed by atoms with E-state index in [2.05, 4.69) is 95.6 Å². The molecular weight excluding hydrogens is 452 g/mol. The Balaban J connectivity index is 2.06. The molecule has 0 aliphatic heterocycles. The standard InChI is InChI=1S/C15H9Br3S/c16-12-4-3-9-7-11(2-1-10(9)8-12)14(18)15-13(17)5-6-19-15/h1-8,14H. The average molecular weight is 461 g/mol. The third-order valence-corrected chi connectivity index (χ3v) is 6.71.